The van der Waals surface area contributed by atoms with Crippen LogP contribution in [0.2, 0.25) is 0 Å². The number of rotatable bonds is 1. The van der Waals surface area contributed by atoms with Crippen LogP contribution in [-0.2, 0) is 7.05 Å². The highest BCUT2D eigenvalue weighted by molar-refractivity contribution is 5.47. The van der Waals surface area contributed by atoms with Crippen LogP contribution < -0.4 is 4.90 Å². The van der Waals surface area contributed by atoms with Gasteiger partial charge in [-0.1, -0.05) is 0 Å². The highest BCUT2D eigenvalue weighted by Gasteiger charge is 2.50. The highest BCUT2D eigenvalue weighted by atomic mass is 15.3. The Bertz CT molecular complexity index is 343. The summed E-state index contributed by atoms with van der Waals surface area (Å²) in [7, 11) is 4.16. The van der Waals surface area contributed by atoms with Crippen molar-refractivity contribution in [2.45, 2.75) is 0 Å². The summed E-state index contributed by atoms with van der Waals surface area (Å²) in [6.45, 7) is 4.96. The van der Waals surface area contributed by atoms with Crippen molar-refractivity contribution in [3.63, 3.8) is 0 Å². The fourth-order valence-electron chi connectivity index (χ4n) is 2.82. The van der Waals surface area contributed by atoms with Crippen LogP contribution >= 0.6 is 0 Å². The molecule has 14 heavy (non-hydrogen) atoms. The molecule has 1 aromatic rings. The Kier molecular flexibility index (Phi) is 1.49. The summed E-state index contributed by atoms with van der Waals surface area (Å²) >= 11 is 0. The molecular weight excluding hydrogens is 176 g/mol. The van der Waals surface area contributed by atoms with E-state index in [0.717, 1.165) is 0 Å². The first-order valence-electron chi connectivity index (χ1n) is 5.09. The lowest BCUT2D eigenvalue weighted by atomic mass is 9.73. The molecule has 0 amide bonds. The zero-order valence-electron chi connectivity index (χ0n) is 8.77. The Balaban J connectivity index is 1.65. The van der Waals surface area contributed by atoms with Gasteiger partial charge in [0.05, 0.1) is 11.9 Å². The second-order valence-corrected chi connectivity index (χ2v) is 4.90. The van der Waals surface area contributed by atoms with Gasteiger partial charge in [0.2, 0.25) is 0 Å². The van der Waals surface area contributed by atoms with Gasteiger partial charge in [-0.25, -0.2) is 0 Å². The van der Waals surface area contributed by atoms with Gasteiger partial charge in [0.15, 0.2) is 0 Å². The summed E-state index contributed by atoms with van der Waals surface area (Å²) in [6.07, 6.45) is 4.05. The van der Waals surface area contributed by atoms with E-state index in [9.17, 15) is 0 Å². The Hall–Kier alpha value is -1.03. The van der Waals surface area contributed by atoms with Crippen LogP contribution in [-0.4, -0.2) is 47.9 Å². The van der Waals surface area contributed by atoms with Crippen LogP contribution in [0, 0.1) is 5.41 Å². The topological polar surface area (TPSA) is 24.3 Å². The molecule has 0 saturated carbocycles. The van der Waals surface area contributed by atoms with Crippen molar-refractivity contribution in [1.29, 1.82) is 0 Å². The van der Waals surface area contributed by atoms with Crippen LogP contribution in [0.1, 0.15) is 0 Å². The minimum atomic E-state index is 0.616. The highest BCUT2D eigenvalue weighted by Crippen LogP contribution is 2.40. The lowest BCUT2D eigenvalue weighted by Gasteiger charge is -2.60. The number of anilines is 1. The Labute approximate surface area is 84.1 Å². The molecule has 2 saturated heterocycles. The molecule has 3 rings (SSSR count). The van der Waals surface area contributed by atoms with E-state index >= 15 is 0 Å². The van der Waals surface area contributed by atoms with E-state index in [0.29, 0.717) is 5.41 Å². The minimum Gasteiger partial charge on any atom is -0.368 e. The normalized spacial score (nSPS) is 24.9. The van der Waals surface area contributed by atoms with Crippen molar-refractivity contribution >= 4 is 5.69 Å². The lowest BCUT2D eigenvalue weighted by Crippen LogP contribution is -2.71. The first kappa shape index (κ1) is 8.29. The lowest BCUT2D eigenvalue weighted by molar-refractivity contribution is -0.00239. The number of hydrogen-bond acceptors (Lipinski definition) is 3. The third-order valence-corrected chi connectivity index (χ3v) is 3.32. The smallest absolute Gasteiger partial charge is 0.0752 e. The number of hydrogen-bond donors (Lipinski definition) is 0. The summed E-state index contributed by atoms with van der Waals surface area (Å²) in [5, 5.41) is 4.19. The van der Waals surface area contributed by atoms with Crippen LogP contribution in [0.3, 0.4) is 0 Å². The fraction of sp³-hybridized carbons (Fsp3) is 0.700. The molecule has 0 aliphatic carbocycles. The summed E-state index contributed by atoms with van der Waals surface area (Å²) in [5.74, 6) is 0. The van der Waals surface area contributed by atoms with Gasteiger partial charge in [0, 0.05) is 44.8 Å². The van der Waals surface area contributed by atoms with Gasteiger partial charge in [-0.3, -0.25) is 4.68 Å². The molecule has 0 bridgehead atoms. The average Bonchev–Trinajstić information content (AvgIpc) is 2.41. The SMILES string of the molecule is CN1CC2(C1)CN(c1cnn(C)c1)C2. The van der Waals surface area contributed by atoms with Gasteiger partial charge in [-0.2, -0.15) is 5.10 Å². The van der Waals surface area contributed by atoms with E-state index < -0.39 is 0 Å². The molecular formula is C10H16N4. The first-order chi connectivity index (χ1) is 6.67. The van der Waals surface area contributed by atoms with Crippen LogP contribution in [0.4, 0.5) is 5.69 Å². The minimum absolute atomic E-state index is 0.616. The Morgan fingerprint density at radius 3 is 2.43 bits per heavy atom. The molecule has 0 N–H and O–H groups in total. The van der Waals surface area contributed by atoms with Crippen molar-refractivity contribution in [2.75, 3.05) is 38.1 Å². The van der Waals surface area contributed by atoms with Crippen molar-refractivity contribution < 1.29 is 0 Å². The van der Waals surface area contributed by atoms with Gasteiger partial charge < -0.3 is 9.80 Å². The van der Waals surface area contributed by atoms with Gasteiger partial charge in [-0.05, 0) is 7.05 Å². The molecule has 4 heteroatoms. The number of nitrogens with zero attached hydrogens (tertiary/aromatic N) is 4. The third kappa shape index (κ3) is 1.07. The van der Waals surface area contributed by atoms with Crippen molar-refractivity contribution in [1.82, 2.24) is 14.7 Å². The van der Waals surface area contributed by atoms with Crippen LogP contribution in [0.5, 0.6) is 0 Å². The summed E-state index contributed by atoms with van der Waals surface area (Å²) in [4.78, 5) is 4.81. The molecule has 4 nitrogen and oxygen atoms in total. The monoisotopic (exact) mass is 192 g/mol. The predicted octanol–water partition coefficient (Wildman–Crippen LogP) is 0.172. The third-order valence-electron chi connectivity index (χ3n) is 3.32. The molecule has 1 spiro atoms. The fourth-order valence-corrected chi connectivity index (χ4v) is 2.82. The first-order valence-corrected chi connectivity index (χ1v) is 5.09. The predicted molar refractivity (Wildman–Crippen MR) is 55.4 cm³/mol. The van der Waals surface area contributed by atoms with E-state index in [1.165, 1.54) is 31.9 Å². The van der Waals surface area contributed by atoms with E-state index in [1.807, 2.05) is 17.9 Å². The molecule has 2 aliphatic heterocycles. The van der Waals surface area contributed by atoms with Gasteiger partial charge in [0.1, 0.15) is 0 Å². The maximum absolute atomic E-state index is 4.19. The molecule has 0 unspecified atom stereocenters. The van der Waals surface area contributed by atoms with Gasteiger partial charge >= 0.3 is 0 Å². The number of likely N-dealkylation sites (tertiary alicyclic amines) is 1. The van der Waals surface area contributed by atoms with Crippen molar-refractivity contribution in [2.24, 2.45) is 12.5 Å². The zero-order valence-corrected chi connectivity index (χ0v) is 8.77. The van der Waals surface area contributed by atoms with E-state index in [-0.39, 0.29) is 0 Å². The molecule has 1 aromatic heterocycles. The second kappa shape index (κ2) is 2.51. The van der Waals surface area contributed by atoms with Crippen molar-refractivity contribution in [3.8, 4) is 0 Å². The summed E-state index contributed by atoms with van der Waals surface area (Å²) < 4.78 is 1.87. The molecule has 0 aromatic carbocycles. The Morgan fingerprint density at radius 1 is 1.21 bits per heavy atom. The molecule has 76 valence electrons. The zero-order chi connectivity index (χ0) is 9.76. The maximum Gasteiger partial charge on any atom is 0.0752 e. The molecule has 3 heterocycles. The van der Waals surface area contributed by atoms with Crippen molar-refractivity contribution in [3.05, 3.63) is 12.4 Å². The molecule has 0 radical (unpaired) electrons. The maximum atomic E-state index is 4.19. The van der Waals surface area contributed by atoms with E-state index in [2.05, 4.69) is 28.1 Å². The van der Waals surface area contributed by atoms with Gasteiger partial charge in [-0.15, -0.1) is 0 Å². The largest absolute Gasteiger partial charge is 0.368 e. The second-order valence-electron chi connectivity index (χ2n) is 4.90. The molecule has 2 fully saturated rings. The number of aryl methyl sites for hydroxylation is 1. The van der Waals surface area contributed by atoms with Gasteiger partial charge in [0.25, 0.3) is 0 Å². The number of aromatic nitrogens is 2. The molecule has 2 aliphatic rings. The average molecular weight is 192 g/mol. The summed E-state index contributed by atoms with van der Waals surface area (Å²) in [5.41, 5.74) is 1.89. The summed E-state index contributed by atoms with van der Waals surface area (Å²) in [6, 6.07) is 0. The van der Waals surface area contributed by atoms with Crippen LogP contribution in [0.25, 0.3) is 0 Å². The quantitative estimate of drug-likeness (QED) is 0.634. The van der Waals surface area contributed by atoms with E-state index in [4.69, 9.17) is 0 Å². The molecule has 0 atom stereocenters. The van der Waals surface area contributed by atoms with E-state index in [1.54, 1.807) is 0 Å². The Morgan fingerprint density at radius 2 is 1.93 bits per heavy atom. The standard InChI is InChI=1S/C10H16N4/c1-12-5-10(6-12)7-14(8-10)9-3-11-13(2)4-9/h3-4H,5-8H2,1-2H3. The van der Waals surface area contributed by atoms with Crippen LogP contribution in [0.15, 0.2) is 12.4 Å².